The number of hydrogen-bond acceptors (Lipinski definition) is 5. The van der Waals surface area contributed by atoms with E-state index in [-0.39, 0.29) is 5.75 Å². The zero-order valence-corrected chi connectivity index (χ0v) is 10.4. The molecule has 0 aromatic carbocycles. The molecule has 84 valence electrons. The lowest BCUT2D eigenvalue weighted by Gasteiger charge is -2.07. The molecule has 0 bridgehead atoms. The molecule has 0 fully saturated rings. The second-order valence-electron chi connectivity index (χ2n) is 2.74. The minimum Gasteiger partial charge on any atom is -0.748 e. The third-order valence-electron chi connectivity index (χ3n) is 1.53. The molecule has 0 rings (SSSR count). The number of hydrogen-bond donors (Lipinski definition) is 1. The first-order valence-electron chi connectivity index (χ1n) is 4.21. The van der Waals surface area contributed by atoms with Gasteiger partial charge < -0.3 is 9.87 Å². The minimum absolute atomic E-state index is 0.264. The van der Waals surface area contributed by atoms with Gasteiger partial charge in [-0.15, -0.1) is 11.8 Å². The van der Waals surface area contributed by atoms with Crippen molar-refractivity contribution in [1.29, 1.82) is 0 Å². The van der Waals surface area contributed by atoms with Gasteiger partial charge in [-0.05, 0) is 19.1 Å². The molecule has 1 N–H and O–H groups in total. The molecule has 0 amide bonds. The van der Waals surface area contributed by atoms with Gasteiger partial charge in [-0.3, -0.25) is 0 Å². The van der Waals surface area contributed by atoms with Crippen LogP contribution < -0.4 is 5.32 Å². The first-order valence-corrected chi connectivity index (χ1v) is 7.42. The predicted octanol–water partition coefficient (Wildman–Crippen LogP) is 0.939. The average molecular weight is 256 g/mol. The third kappa shape index (κ3) is 10.2. The van der Waals surface area contributed by atoms with Gasteiger partial charge in [0.1, 0.15) is 4.32 Å². The van der Waals surface area contributed by atoms with Crippen molar-refractivity contribution in [3.63, 3.8) is 0 Å². The van der Waals surface area contributed by atoms with Gasteiger partial charge in [0.25, 0.3) is 0 Å². The highest BCUT2D eigenvalue weighted by atomic mass is 32.2. The van der Waals surface area contributed by atoms with Gasteiger partial charge in [0.05, 0.1) is 10.1 Å². The number of thioether (sulfide) groups is 1. The van der Waals surface area contributed by atoms with E-state index < -0.39 is 10.1 Å². The van der Waals surface area contributed by atoms with Crippen LogP contribution in [0.2, 0.25) is 0 Å². The summed E-state index contributed by atoms with van der Waals surface area (Å²) >= 11 is 6.37. The van der Waals surface area contributed by atoms with Crippen molar-refractivity contribution < 1.29 is 13.0 Å². The number of rotatable bonds is 6. The Kier molecular flexibility index (Phi) is 7.52. The van der Waals surface area contributed by atoms with Gasteiger partial charge >= 0.3 is 0 Å². The van der Waals surface area contributed by atoms with Gasteiger partial charge in [-0.1, -0.05) is 18.6 Å². The van der Waals surface area contributed by atoms with Crippen molar-refractivity contribution in [3.8, 4) is 0 Å². The molecule has 0 radical (unpaired) electrons. The smallest absolute Gasteiger partial charge is 0.133 e. The Balaban J connectivity index is 3.27. The summed E-state index contributed by atoms with van der Waals surface area (Å²) in [5.74, 6) is -0.264. The van der Waals surface area contributed by atoms with Crippen LogP contribution in [0.5, 0.6) is 0 Å². The van der Waals surface area contributed by atoms with Crippen LogP contribution in [-0.2, 0) is 10.1 Å². The lowest BCUT2D eigenvalue weighted by Crippen LogP contribution is -2.19. The molecule has 0 heterocycles. The van der Waals surface area contributed by atoms with E-state index in [9.17, 15) is 13.0 Å². The molecule has 0 spiro atoms. The van der Waals surface area contributed by atoms with Crippen LogP contribution in [0.15, 0.2) is 0 Å². The SMILES string of the molecule is CSC(=S)NCCCCCS(=O)(=O)[O-]. The maximum Gasteiger partial charge on any atom is 0.133 e. The Hall–Kier alpha value is 0.150. The summed E-state index contributed by atoms with van der Waals surface area (Å²) < 4.78 is 31.4. The third-order valence-corrected chi connectivity index (χ3v) is 3.47. The molecular weight excluding hydrogens is 242 g/mol. The van der Waals surface area contributed by atoms with Crippen molar-refractivity contribution in [2.24, 2.45) is 0 Å². The quantitative estimate of drug-likeness (QED) is 0.433. The highest BCUT2D eigenvalue weighted by molar-refractivity contribution is 8.22. The van der Waals surface area contributed by atoms with E-state index in [1.54, 1.807) is 0 Å². The van der Waals surface area contributed by atoms with E-state index in [4.69, 9.17) is 12.2 Å². The number of unbranched alkanes of at least 4 members (excludes halogenated alkanes) is 2. The Morgan fingerprint density at radius 2 is 2.07 bits per heavy atom. The minimum atomic E-state index is -4.03. The molecule has 0 unspecified atom stereocenters. The summed E-state index contributed by atoms with van der Waals surface area (Å²) in [6.45, 7) is 0.735. The molecular formula is C7H14NO3S3-. The van der Waals surface area contributed by atoms with Crippen LogP contribution in [0.25, 0.3) is 0 Å². The molecule has 0 aliphatic rings. The predicted molar refractivity (Wildman–Crippen MR) is 62.5 cm³/mol. The lowest BCUT2D eigenvalue weighted by atomic mass is 10.2. The normalized spacial score (nSPS) is 11.3. The van der Waals surface area contributed by atoms with Crippen LogP contribution >= 0.6 is 24.0 Å². The summed E-state index contributed by atoms with van der Waals surface area (Å²) in [5.41, 5.74) is 0. The zero-order valence-electron chi connectivity index (χ0n) is 7.99. The second kappa shape index (κ2) is 7.44. The summed E-state index contributed by atoms with van der Waals surface area (Å²) in [4.78, 5) is 0. The fraction of sp³-hybridized carbons (Fsp3) is 0.857. The molecule has 0 aromatic rings. The van der Waals surface area contributed by atoms with E-state index in [1.165, 1.54) is 11.8 Å². The first-order chi connectivity index (χ1) is 6.45. The largest absolute Gasteiger partial charge is 0.748 e. The molecule has 0 aliphatic heterocycles. The molecule has 7 heteroatoms. The molecule has 0 atom stereocenters. The molecule has 0 saturated carbocycles. The van der Waals surface area contributed by atoms with Crippen molar-refractivity contribution in [2.45, 2.75) is 19.3 Å². The topological polar surface area (TPSA) is 69.2 Å². The van der Waals surface area contributed by atoms with Crippen molar-refractivity contribution in [2.75, 3.05) is 18.6 Å². The van der Waals surface area contributed by atoms with E-state index >= 15 is 0 Å². The van der Waals surface area contributed by atoms with E-state index in [1.807, 2.05) is 6.26 Å². The fourth-order valence-electron chi connectivity index (χ4n) is 0.843. The van der Waals surface area contributed by atoms with Gasteiger partial charge in [-0.2, -0.15) is 0 Å². The van der Waals surface area contributed by atoms with Gasteiger partial charge in [0, 0.05) is 12.3 Å². The van der Waals surface area contributed by atoms with E-state index in [2.05, 4.69) is 5.32 Å². The van der Waals surface area contributed by atoms with E-state index in [0.29, 0.717) is 6.42 Å². The Labute approximate surface area is 94.6 Å². The van der Waals surface area contributed by atoms with Crippen molar-refractivity contribution in [3.05, 3.63) is 0 Å². The molecule has 14 heavy (non-hydrogen) atoms. The van der Waals surface area contributed by atoms with Crippen LogP contribution in [0, 0.1) is 0 Å². The first kappa shape index (κ1) is 14.2. The molecule has 4 nitrogen and oxygen atoms in total. The van der Waals surface area contributed by atoms with Crippen molar-refractivity contribution in [1.82, 2.24) is 5.32 Å². The summed E-state index contributed by atoms with van der Waals surface area (Å²) in [7, 11) is -4.03. The van der Waals surface area contributed by atoms with Crippen LogP contribution in [0.3, 0.4) is 0 Å². The molecule has 0 aromatic heterocycles. The monoisotopic (exact) mass is 256 g/mol. The summed E-state index contributed by atoms with van der Waals surface area (Å²) in [6.07, 6.45) is 3.88. The van der Waals surface area contributed by atoms with Crippen LogP contribution in [-0.4, -0.2) is 35.8 Å². The Morgan fingerprint density at radius 1 is 1.43 bits per heavy atom. The number of nitrogens with one attached hydrogen (secondary N) is 1. The van der Waals surface area contributed by atoms with Crippen molar-refractivity contribution >= 4 is 38.4 Å². The fourth-order valence-corrected chi connectivity index (χ4v) is 1.75. The average Bonchev–Trinajstić information content (AvgIpc) is 2.08. The van der Waals surface area contributed by atoms with Gasteiger partial charge in [0.15, 0.2) is 0 Å². The van der Waals surface area contributed by atoms with Gasteiger partial charge in [-0.25, -0.2) is 8.42 Å². The lowest BCUT2D eigenvalue weighted by molar-refractivity contribution is 0.460. The maximum absolute atomic E-state index is 10.2. The van der Waals surface area contributed by atoms with Crippen LogP contribution in [0.4, 0.5) is 0 Å². The molecule has 0 aliphatic carbocycles. The molecule has 0 saturated heterocycles. The van der Waals surface area contributed by atoms with Gasteiger partial charge in [0.2, 0.25) is 0 Å². The standard InChI is InChI=1S/C7H15NO3S3/c1-13-7(12)8-5-3-2-4-6-14(9,10)11/h2-6H2,1H3,(H,8,12)(H,9,10,11)/p-1. The Morgan fingerprint density at radius 3 is 2.57 bits per heavy atom. The second-order valence-corrected chi connectivity index (χ2v) is 5.75. The number of thiocarbonyl (C=S) groups is 1. The summed E-state index contributed by atoms with van der Waals surface area (Å²) in [6, 6.07) is 0. The highest BCUT2D eigenvalue weighted by Gasteiger charge is 1.96. The van der Waals surface area contributed by atoms with E-state index in [0.717, 1.165) is 23.7 Å². The summed E-state index contributed by atoms with van der Waals surface area (Å²) in [5, 5.41) is 3.00. The maximum atomic E-state index is 10.2. The zero-order chi connectivity index (χ0) is 11.0. The highest BCUT2D eigenvalue weighted by Crippen LogP contribution is 1.99. The van der Waals surface area contributed by atoms with Crippen LogP contribution in [0.1, 0.15) is 19.3 Å². The Bertz CT molecular complexity index is 263.